The van der Waals surface area contributed by atoms with Crippen molar-refractivity contribution in [1.82, 2.24) is 4.40 Å². The molecule has 188 valence electrons. The number of alkyl halides is 3. The van der Waals surface area contributed by atoms with E-state index >= 15 is 8.78 Å². The summed E-state index contributed by atoms with van der Waals surface area (Å²) in [4.78, 5) is 12.8. The van der Waals surface area contributed by atoms with Crippen molar-refractivity contribution >= 4 is 11.2 Å². The first-order valence-corrected chi connectivity index (χ1v) is 11.5. The number of fused-ring (bicyclic) bond motifs is 4. The fourth-order valence-corrected chi connectivity index (χ4v) is 5.45. The van der Waals surface area contributed by atoms with Gasteiger partial charge >= 0.3 is 23.0 Å². The summed E-state index contributed by atoms with van der Waals surface area (Å²) < 4.78 is 82.4. The molecule has 0 saturated heterocycles. The van der Waals surface area contributed by atoms with E-state index in [1.54, 1.807) is 54.6 Å². The SMILES string of the molecule is CCCC1(C)C(=c2oc(=O)c3n2cc(C)[n+]3C)c2cc(F)c(C(F)(F)F)c(F)c2-c2cc(C)cc[n+]21. The lowest BCUT2D eigenvalue weighted by atomic mass is 9.76. The number of rotatable bonds is 2. The Morgan fingerprint density at radius 1 is 1.17 bits per heavy atom. The van der Waals surface area contributed by atoms with Gasteiger partial charge in [-0.15, -0.1) is 0 Å². The molecule has 36 heavy (non-hydrogen) atoms. The molecule has 0 bridgehead atoms. The Bertz CT molecular complexity index is 1680. The molecule has 1 unspecified atom stereocenters. The van der Waals surface area contributed by atoms with Crippen LogP contribution in [0, 0.1) is 25.5 Å². The number of hydrogen-bond acceptors (Lipinski definition) is 2. The Morgan fingerprint density at radius 2 is 1.86 bits per heavy atom. The van der Waals surface area contributed by atoms with Gasteiger partial charge in [0.05, 0.1) is 12.6 Å². The largest absolute Gasteiger partial charge is 0.430 e. The van der Waals surface area contributed by atoms with Gasteiger partial charge in [-0.2, -0.15) is 22.1 Å². The van der Waals surface area contributed by atoms with Gasteiger partial charge in [0.2, 0.25) is 5.69 Å². The molecule has 4 aromatic rings. The van der Waals surface area contributed by atoms with E-state index in [-0.39, 0.29) is 33.6 Å². The molecular formula is C26H24F5N3O2+2. The molecule has 1 atom stereocenters. The van der Waals surface area contributed by atoms with Crippen molar-refractivity contribution in [2.75, 3.05) is 0 Å². The first-order chi connectivity index (χ1) is 16.8. The summed E-state index contributed by atoms with van der Waals surface area (Å²) in [6.45, 7) is 7.28. The molecule has 0 amide bonds. The van der Waals surface area contributed by atoms with E-state index in [9.17, 15) is 18.0 Å². The predicted molar refractivity (Wildman–Crippen MR) is 120 cm³/mol. The van der Waals surface area contributed by atoms with Crippen molar-refractivity contribution in [3.63, 3.8) is 0 Å². The highest BCUT2D eigenvalue weighted by molar-refractivity contribution is 5.84. The van der Waals surface area contributed by atoms with Crippen LogP contribution >= 0.6 is 0 Å². The Morgan fingerprint density at radius 3 is 2.50 bits per heavy atom. The van der Waals surface area contributed by atoms with Gasteiger partial charge in [0, 0.05) is 38.0 Å². The zero-order chi connectivity index (χ0) is 26.3. The molecule has 0 radical (unpaired) electrons. The summed E-state index contributed by atoms with van der Waals surface area (Å²) in [5, 5.41) is 0. The van der Waals surface area contributed by atoms with Crippen LogP contribution in [-0.2, 0) is 18.8 Å². The van der Waals surface area contributed by atoms with Crippen molar-refractivity contribution in [3.05, 3.63) is 80.6 Å². The van der Waals surface area contributed by atoms with Gasteiger partial charge in [0.1, 0.15) is 28.8 Å². The first-order valence-electron chi connectivity index (χ1n) is 11.5. The summed E-state index contributed by atoms with van der Waals surface area (Å²) in [6, 6.07) is 4.06. The molecule has 1 aliphatic rings. The van der Waals surface area contributed by atoms with Crippen LogP contribution in [-0.4, -0.2) is 4.40 Å². The number of benzene rings is 1. The number of hydrogen-bond donors (Lipinski definition) is 0. The lowest BCUT2D eigenvalue weighted by Crippen LogP contribution is -2.60. The van der Waals surface area contributed by atoms with E-state index in [1.807, 2.05) is 13.8 Å². The van der Waals surface area contributed by atoms with E-state index in [4.69, 9.17) is 4.42 Å². The summed E-state index contributed by atoms with van der Waals surface area (Å²) in [6.07, 6.45) is -0.823. The van der Waals surface area contributed by atoms with Crippen LogP contribution in [0.2, 0.25) is 0 Å². The van der Waals surface area contributed by atoms with Crippen LogP contribution in [0.5, 0.6) is 0 Å². The third-order valence-corrected chi connectivity index (χ3v) is 7.14. The molecule has 0 aliphatic carbocycles. The Balaban J connectivity index is 2.09. The highest BCUT2D eigenvalue weighted by Gasteiger charge is 2.52. The number of aryl methyl sites for hydroxylation is 3. The molecule has 1 aromatic carbocycles. The number of pyridine rings is 1. The van der Waals surface area contributed by atoms with Crippen molar-refractivity contribution < 1.29 is 35.5 Å². The Kier molecular flexibility index (Phi) is 5.18. The van der Waals surface area contributed by atoms with E-state index in [0.717, 1.165) is 5.69 Å². The summed E-state index contributed by atoms with van der Waals surface area (Å²) in [5.41, 5.74) is -2.03. The van der Waals surface area contributed by atoms with E-state index in [0.29, 0.717) is 24.5 Å². The quantitative estimate of drug-likeness (QED) is 0.305. The molecular weight excluding hydrogens is 481 g/mol. The predicted octanol–water partition coefficient (Wildman–Crippen LogP) is 4.03. The third kappa shape index (κ3) is 3.16. The first kappa shape index (κ1) is 24.1. The monoisotopic (exact) mass is 505 g/mol. The van der Waals surface area contributed by atoms with Crippen LogP contribution in [0.25, 0.3) is 22.5 Å². The fraction of sp³-hybridized carbons (Fsp3) is 0.346. The molecule has 4 heterocycles. The zero-order valence-corrected chi connectivity index (χ0v) is 20.3. The normalized spacial score (nSPS) is 19.1. The topological polar surface area (TPSA) is 42.4 Å². The van der Waals surface area contributed by atoms with E-state index in [1.165, 1.54) is 4.40 Å². The van der Waals surface area contributed by atoms with Gasteiger partial charge in [-0.3, -0.25) is 0 Å². The number of nitrogens with zero attached hydrogens (tertiary/aromatic N) is 3. The molecule has 0 saturated carbocycles. The molecule has 3 aromatic heterocycles. The zero-order valence-electron chi connectivity index (χ0n) is 20.3. The van der Waals surface area contributed by atoms with Crippen molar-refractivity contribution in [2.45, 2.75) is 52.3 Å². The standard InChI is InChI=1S/C26H24F5N3O2/c1-6-8-25(4)19(23-33-12-14(3)32(5)22(33)24(35)36-23)15-11-16(27)20(26(29,30)31)21(28)18(15)17-10-13(2)7-9-34(17)25/h7,9-12H,6,8H2,1-5H3/q+2. The Hall–Kier alpha value is -3.56. The molecule has 0 fully saturated rings. The van der Waals surface area contributed by atoms with Gasteiger partial charge in [0.15, 0.2) is 17.6 Å². The highest BCUT2D eigenvalue weighted by Crippen LogP contribution is 2.46. The molecule has 0 N–H and O–H groups in total. The summed E-state index contributed by atoms with van der Waals surface area (Å²) in [7, 11) is 1.68. The highest BCUT2D eigenvalue weighted by atomic mass is 19.4. The lowest BCUT2D eigenvalue weighted by Gasteiger charge is -2.33. The molecule has 1 aliphatic heterocycles. The molecule has 10 heteroatoms. The van der Waals surface area contributed by atoms with Gasteiger partial charge in [-0.25, -0.2) is 18.1 Å². The second-order valence-electron chi connectivity index (χ2n) is 9.54. The van der Waals surface area contributed by atoms with Crippen LogP contribution in [0.15, 0.2) is 39.8 Å². The number of imidazole rings is 1. The van der Waals surface area contributed by atoms with Crippen molar-refractivity contribution in [1.29, 1.82) is 0 Å². The summed E-state index contributed by atoms with van der Waals surface area (Å²) in [5.74, 6) is -3.43. The number of oxazole rings is 1. The minimum atomic E-state index is -5.24. The average Bonchev–Trinajstić information content (AvgIpc) is 3.22. The molecule has 5 nitrogen and oxygen atoms in total. The second kappa shape index (κ2) is 7.72. The Labute approximate surface area is 202 Å². The molecule has 0 spiro atoms. The fourth-order valence-electron chi connectivity index (χ4n) is 5.45. The number of halogens is 5. The summed E-state index contributed by atoms with van der Waals surface area (Å²) >= 11 is 0. The van der Waals surface area contributed by atoms with Crippen LogP contribution in [0.3, 0.4) is 0 Å². The van der Waals surface area contributed by atoms with Crippen LogP contribution in [0.4, 0.5) is 22.0 Å². The van der Waals surface area contributed by atoms with Gasteiger partial charge in [-0.05, 0) is 25.0 Å². The van der Waals surface area contributed by atoms with Crippen molar-refractivity contribution in [3.8, 4) is 11.3 Å². The van der Waals surface area contributed by atoms with Crippen molar-refractivity contribution in [2.24, 2.45) is 7.05 Å². The maximum absolute atomic E-state index is 15.7. The van der Waals surface area contributed by atoms with Crippen LogP contribution in [0.1, 0.15) is 49.1 Å². The van der Waals surface area contributed by atoms with Gasteiger partial charge < -0.3 is 4.42 Å². The number of aromatic nitrogens is 3. The maximum Gasteiger partial charge on any atom is 0.430 e. The second-order valence-corrected chi connectivity index (χ2v) is 9.54. The maximum atomic E-state index is 15.7. The smallest absolute Gasteiger partial charge is 0.379 e. The average molecular weight is 505 g/mol. The third-order valence-electron chi connectivity index (χ3n) is 7.14. The van der Waals surface area contributed by atoms with E-state index < -0.39 is 34.5 Å². The molecule has 5 rings (SSSR count). The van der Waals surface area contributed by atoms with Gasteiger partial charge in [0.25, 0.3) is 0 Å². The lowest BCUT2D eigenvalue weighted by molar-refractivity contribution is -0.738. The van der Waals surface area contributed by atoms with Crippen LogP contribution < -0.4 is 20.3 Å². The minimum Gasteiger partial charge on any atom is -0.379 e. The minimum absolute atomic E-state index is 0.0215. The van der Waals surface area contributed by atoms with E-state index in [2.05, 4.69) is 0 Å². The van der Waals surface area contributed by atoms with Gasteiger partial charge in [-0.1, -0.05) is 6.92 Å².